The zero-order valence-corrected chi connectivity index (χ0v) is 19.4. The Kier molecular flexibility index (Phi) is 6.28. The molecule has 0 saturated heterocycles. The SMILES string of the molecule is N#Cc1c(NC(=O)CSc2nnc(-c3ccco3)n2Cc2ccccc2)sc2c1CCCC2. The minimum atomic E-state index is -0.163. The summed E-state index contributed by atoms with van der Waals surface area (Å²) in [5.74, 6) is 1.24. The van der Waals surface area contributed by atoms with E-state index in [0.29, 0.717) is 33.9 Å². The molecule has 1 N–H and O–H groups in total. The number of nitriles is 1. The number of hydrogen-bond donors (Lipinski definition) is 1. The zero-order valence-electron chi connectivity index (χ0n) is 17.8. The Hall–Kier alpha value is -3.35. The van der Waals surface area contributed by atoms with Gasteiger partial charge in [0.15, 0.2) is 10.9 Å². The van der Waals surface area contributed by atoms with Gasteiger partial charge in [-0.2, -0.15) is 5.26 Å². The Labute approximate surface area is 199 Å². The third-order valence-corrected chi connectivity index (χ3v) is 7.68. The van der Waals surface area contributed by atoms with Crippen molar-refractivity contribution < 1.29 is 9.21 Å². The molecule has 4 aromatic rings. The number of nitrogens with one attached hydrogen (secondary N) is 1. The number of anilines is 1. The molecule has 5 rings (SSSR count). The van der Waals surface area contributed by atoms with Gasteiger partial charge in [0.05, 0.1) is 24.1 Å². The second kappa shape index (κ2) is 9.65. The largest absolute Gasteiger partial charge is 0.461 e. The van der Waals surface area contributed by atoms with Crippen LogP contribution in [0.3, 0.4) is 0 Å². The van der Waals surface area contributed by atoms with Gasteiger partial charge in [-0.3, -0.25) is 9.36 Å². The van der Waals surface area contributed by atoms with Gasteiger partial charge in [-0.1, -0.05) is 42.1 Å². The average Bonchev–Trinajstić information content (AvgIpc) is 3.57. The summed E-state index contributed by atoms with van der Waals surface area (Å²) in [4.78, 5) is 14.0. The number of carbonyl (C=O) groups excluding carboxylic acids is 1. The van der Waals surface area contributed by atoms with Crippen molar-refractivity contribution in [2.75, 3.05) is 11.1 Å². The van der Waals surface area contributed by atoms with Crippen LogP contribution in [0.2, 0.25) is 0 Å². The van der Waals surface area contributed by atoms with Crippen LogP contribution in [0.1, 0.15) is 34.4 Å². The first kappa shape index (κ1) is 21.5. The van der Waals surface area contributed by atoms with Crippen LogP contribution >= 0.6 is 23.1 Å². The predicted molar refractivity (Wildman–Crippen MR) is 128 cm³/mol. The lowest BCUT2D eigenvalue weighted by Gasteiger charge is -2.10. The van der Waals surface area contributed by atoms with Gasteiger partial charge in [-0.05, 0) is 48.9 Å². The van der Waals surface area contributed by atoms with Crippen LogP contribution in [0.15, 0.2) is 58.3 Å². The number of amides is 1. The topological polar surface area (TPSA) is 96.7 Å². The van der Waals surface area contributed by atoms with E-state index in [9.17, 15) is 10.1 Å². The number of furan rings is 1. The van der Waals surface area contributed by atoms with Crippen molar-refractivity contribution in [3.8, 4) is 17.7 Å². The summed E-state index contributed by atoms with van der Waals surface area (Å²) in [6.45, 7) is 0.560. The summed E-state index contributed by atoms with van der Waals surface area (Å²) in [6, 6.07) is 16.0. The van der Waals surface area contributed by atoms with Gasteiger partial charge in [-0.25, -0.2) is 0 Å². The molecule has 0 bridgehead atoms. The van der Waals surface area contributed by atoms with E-state index < -0.39 is 0 Å². The highest BCUT2D eigenvalue weighted by atomic mass is 32.2. The molecule has 9 heteroatoms. The molecule has 1 aliphatic rings. The predicted octanol–water partition coefficient (Wildman–Crippen LogP) is 5.13. The lowest BCUT2D eigenvalue weighted by Crippen LogP contribution is -2.15. The van der Waals surface area contributed by atoms with E-state index in [1.807, 2.05) is 47.0 Å². The van der Waals surface area contributed by atoms with E-state index in [4.69, 9.17) is 4.42 Å². The summed E-state index contributed by atoms with van der Waals surface area (Å²) in [5, 5.41) is 22.5. The van der Waals surface area contributed by atoms with E-state index in [-0.39, 0.29) is 11.7 Å². The Morgan fingerprint density at radius 2 is 2.03 bits per heavy atom. The van der Waals surface area contributed by atoms with Gasteiger partial charge in [0.25, 0.3) is 0 Å². The Morgan fingerprint density at radius 3 is 2.82 bits per heavy atom. The molecule has 0 aliphatic heterocycles. The maximum absolute atomic E-state index is 12.8. The van der Waals surface area contributed by atoms with Gasteiger partial charge in [0.1, 0.15) is 11.1 Å². The first-order valence-electron chi connectivity index (χ1n) is 10.7. The highest BCUT2D eigenvalue weighted by Gasteiger charge is 2.22. The summed E-state index contributed by atoms with van der Waals surface area (Å²) in [6.07, 6.45) is 5.73. The highest BCUT2D eigenvalue weighted by molar-refractivity contribution is 7.99. The molecule has 3 heterocycles. The fourth-order valence-electron chi connectivity index (χ4n) is 3.96. The number of aromatic nitrogens is 3. The van der Waals surface area contributed by atoms with E-state index in [1.54, 1.807) is 6.26 Å². The number of aryl methyl sites for hydroxylation is 1. The van der Waals surface area contributed by atoms with Crippen LogP contribution in [-0.2, 0) is 24.2 Å². The fraction of sp³-hybridized carbons (Fsp3) is 0.250. The normalized spacial score (nSPS) is 12.8. The average molecular weight is 476 g/mol. The summed E-state index contributed by atoms with van der Waals surface area (Å²) in [5.41, 5.74) is 2.84. The molecule has 0 radical (unpaired) electrons. The molecule has 166 valence electrons. The molecule has 33 heavy (non-hydrogen) atoms. The number of nitrogens with zero attached hydrogens (tertiary/aromatic N) is 4. The monoisotopic (exact) mass is 475 g/mol. The minimum absolute atomic E-state index is 0.163. The first-order valence-corrected chi connectivity index (χ1v) is 12.5. The number of thioether (sulfide) groups is 1. The molecule has 0 spiro atoms. The molecular formula is C24H21N5O2S2. The van der Waals surface area contributed by atoms with Crippen molar-refractivity contribution in [1.82, 2.24) is 14.8 Å². The van der Waals surface area contributed by atoms with Crippen LogP contribution in [-0.4, -0.2) is 26.4 Å². The molecule has 1 amide bonds. The van der Waals surface area contributed by atoms with Crippen molar-refractivity contribution in [2.45, 2.75) is 37.4 Å². The standard InChI is InChI=1S/C24H21N5O2S2/c25-13-18-17-9-4-5-11-20(17)33-23(18)26-21(30)15-32-24-28-27-22(19-10-6-12-31-19)29(24)14-16-7-2-1-3-8-16/h1-3,6-8,10,12H,4-5,9,11,14-15H2,(H,26,30). The van der Waals surface area contributed by atoms with Crippen molar-refractivity contribution in [1.29, 1.82) is 5.26 Å². The highest BCUT2D eigenvalue weighted by Crippen LogP contribution is 2.37. The van der Waals surface area contributed by atoms with Gasteiger partial charge < -0.3 is 9.73 Å². The quantitative estimate of drug-likeness (QED) is 0.372. The second-order valence-corrected chi connectivity index (χ2v) is 9.77. The fourth-order valence-corrected chi connectivity index (χ4v) is 5.95. The van der Waals surface area contributed by atoms with Gasteiger partial charge in [-0.15, -0.1) is 21.5 Å². The van der Waals surface area contributed by atoms with Crippen molar-refractivity contribution >= 4 is 34.0 Å². The molecule has 3 aromatic heterocycles. The number of fused-ring (bicyclic) bond motifs is 1. The Bertz CT molecular complexity index is 1300. The molecule has 0 fully saturated rings. The Morgan fingerprint density at radius 1 is 1.18 bits per heavy atom. The summed E-state index contributed by atoms with van der Waals surface area (Å²) in [7, 11) is 0. The van der Waals surface area contributed by atoms with Gasteiger partial charge in [0.2, 0.25) is 11.7 Å². The zero-order chi connectivity index (χ0) is 22.6. The number of hydrogen-bond acceptors (Lipinski definition) is 7. The van der Waals surface area contributed by atoms with E-state index in [0.717, 1.165) is 36.8 Å². The lowest BCUT2D eigenvalue weighted by molar-refractivity contribution is -0.113. The molecular weight excluding hydrogens is 454 g/mol. The smallest absolute Gasteiger partial charge is 0.235 e. The molecule has 0 saturated carbocycles. The van der Waals surface area contributed by atoms with Gasteiger partial charge in [0, 0.05) is 4.88 Å². The maximum Gasteiger partial charge on any atom is 0.235 e. The third-order valence-electron chi connectivity index (χ3n) is 5.51. The van der Waals surface area contributed by atoms with Crippen molar-refractivity contribution in [3.63, 3.8) is 0 Å². The second-order valence-electron chi connectivity index (χ2n) is 7.72. The van der Waals surface area contributed by atoms with Gasteiger partial charge >= 0.3 is 0 Å². The number of rotatable bonds is 7. The number of thiophene rings is 1. The van der Waals surface area contributed by atoms with Crippen molar-refractivity contribution in [3.05, 3.63) is 70.3 Å². The van der Waals surface area contributed by atoms with Crippen LogP contribution < -0.4 is 5.32 Å². The van der Waals surface area contributed by atoms with E-state index >= 15 is 0 Å². The summed E-state index contributed by atoms with van der Waals surface area (Å²) >= 11 is 2.85. The number of benzene rings is 1. The molecule has 7 nitrogen and oxygen atoms in total. The molecule has 0 unspecified atom stereocenters. The van der Waals surface area contributed by atoms with Crippen LogP contribution in [0, 0.1) is 11.3 Å². The van der Waals surface area contributed by atoms with E-state index in [1.165, 1.54) is 28.0 Å². The van der Waals surface area contributed by atoms with E-state index in [2.05, 4.69) is 21.6 Å². The van der Waals surface area contributed by atoms with Crippen LogP contribution in [0.25, 0.3) is 11.6 Å². The Balaban J connectivity index is 1.33. The first-order chi connectivity index (χ1) is 16.2. The lowest BCUT2D eigenvalue weighted by atomic mass is 9.96. The van der Waals surface area contributed by atoms with Crippen molar-refractivity contribution in [2.24, 2.45) is 0 Å². The summed E-state index contributed by atoms with van der Waals surface area (Å²) < 4.78 is 7.50. The minimum Gasteiger partial charge on any atom is -0.461 e. The maximum atomic E-state index is 12.8. The molecule has 1 aliphatic carbocycles. The van der Waals surface area contributed by atoms with Crippen LogP contribution in [0.5, 0.6) is 0 Å². The molecule has 1 aromatic carbocycles. The molecule has 0 atom stereocenters. The third kappa shape index (κ3) is 4.58. The number of carbonyl (C=O) groups is 1. The van der Waals surface area contributed by atoms with Crippen LogP contribution in [0.4, 0.5) is 5.00 Å².